The van der Waals surface area contributed by atoms with Gasteiger partial charge in [0, 0.05) is 42.4 Å². The van der Waals surface area contributed by atoms with E-state index in [4.69, 9.17) is 9.15 Å². The molecule has 1 N–H and O–H groups in total. The summed E-state index contributed by atoms with van der Waals surface area (Å²) in [7, 11) is 0. The summed E-state index contributed by atoms with van der Waals surface area (Å²) in [6.07, 6.45) is 1.90. The zero-order chi connectivity index (χ0) is 19.6. The van der Waals surface area contributed by atoms with Crippen LogP contribution in [0.2, 0.25) is 0 Å². The lowest BCUT2D eigenvalue weighted by molar-refractivity contribution is 0.0952. The first-order valence-electron chi connectivity index (χ1n) is 8.93. The molecule has 3 rings (SSSR count). The van der Waals surface area contributed by atoms with Crippen LogP contribution >= 0.6 is 0 Å². The van der Waals surface area contributed by atoms with E-state index in [1.165, 1.54) is 6.07 Å². The number of nitrogens with zero attached hydrogens (tertiary/aromatic N) is 2. The fourth-order valence-corrected chi connectivity index (χ4v) is 2.84. The Bertz CT molecular complexity index is 1030. The van der Waals surface area contributed by atoms with Crippen molar-refractivity contribution in [3.05, 3.63) is 57.7 Å². The Kier molecular flexibility index (Phi) is 5.30. The van der Waals surface area contributed by atoms with E-state index >= 15 is 0 Å². The molecule has 27 heavy (non-hydrogen) atoms. The number of benzene rings is 1. The van der Waals surface area contributed by atoms with Crippen molar-refractivity contribution in [2.45, 2.75) is 46.9 Å². The lowest BCUT2D eigenvalue weighted by Gasteiger charge is -2.11. The van der Waals surface area contributed by atoms with Crippen LogP contribution in [0, 0.1) is 6.92 Å². The van der Waals surface area contributed by atoms with Gasteiger partial charge in [0.15, 0.2) is 0 Å². The maximum Gasteiger partial charge on any atom is 0.337 e. The van der Waals surface area contributed by atoms with Crippen molar-refractivity contribution < 1.29 is 13.9 Å². The average molecular weight is 369 g/mol. The Labute approximate surface area is 156 Å². The Morgan fingerprint density at radius 1 is 1.33 bits per heavy atom. The van der Waals surface area contributed by atoms with Gasteiger partial charge in [0.2, 0.25) is 0 Å². The highest BCUT2D eigenvalue weighted by Crippen LogP contribution is 2.23. The predicted molar refractivity (Wildman–Crippen MR) is 102 cm³/mol. The van der Waals surface area contributed by atoms with Crippen molar-refractivity contribution in [2.75, 3.05) is 0 Å². The third kappa shape index (κ3) is 4.19. The van der Waals surface area contributed by atoms with Crippen LogP contribution in [0.1, 0.15) is 42.4 Å². The van der Waals surface area contributed by atoms with E-state index in [2.05, 4.69) is 10.4 Å². The fraction of sp³-hybridized carbons (Fsp3) is 0.350. The van der Waals surface area contributed by atoms with E-state index < -0.39 is 5.63 Å². The van der Waals surface area contributed by atoms with E-state index in [1.54, 1.807) is 18.2 Å². The zero-order valence-electron chi connectivity index (χ0n) is 15.9. The van der Waals surface area contributed by atoms with Gasteiger partial charge in [-0.15, -0.1) is 0 Å². The number of carbonyl (C=O) groups is 1. The molecule has 0 fully saturated rings. The predicted octanol–water partition coefficient (Wildman–Crippen LogP) is 3.04. The van der Waals surface area contributed by atoms with Gasteiger partial charge in [-0.25, -0.2) is 4.79 Å². The number of ether oxygens (including phenoxy) is 1. The lowest BCUT2D eigenvalue weighted by atomic mass is 10.1. The van der Waals surface area contributed by atoms with E-state index in [1.807, 2.05) is 38.6 Å². The Hall–Kier alpha value is -3.09. The molecule has 0 saturated carbocycles. The highest BCUT2D eigenvalue weighted by Gasteiger charge is 2.15. The average Bonchev–Trinajstić information content (AvgIpc) is 2.98. The molecule has 0 radical (unpaired) electrons. The fourth-order valence-electron chi connectivity index (χ4n) is 2.84. The number of fused-ring (bicyclic) bond motifs is 1. The minimum atomic E-state index is -0.579. The second-order valence-corrected chi connectivity index (χ2v) is 6.58. The van der Waals surface area contributed by atoms with Gasteiger partial charge in [-0.3, -0.25) is 9.48 Å². The number of aromatic nitrogens is 2. The van der Waals surface area contributed by atoms with E-state index in [9.17, 15) is 9.59 Å². The molecule has 0 spiro atoms. The van der Waals surface area contributed by atoms with Gasteiger partial charge in [0.1, 0.15) is 11.3 Å². The van der Waals surface area contributed by atoms with Crippen LogP contribution in [0.25, 0.3) is 11.0 Å². The molecule has 2 heterocycles. The molecule has 0 atom stereocenters. The number of hydrogen-bond donors (Lipinski definition) is 1. The molecule has 7 nitrogen and oxygen atoms in total. The maximum absolute atomic E-state index is 12.7. The summed E-state index contributed by atoms with van der Waals surface area (Å²) >= 11 is 0. The number of carbonyl (C=O) groups excluding carboxylic acids is 1. The molecule has 0 bridgehead atoms. The molecule has 0 unspecified atom stereocenters. The molecule has 1 aromatic carbocycles. The Morgan fingerprint density at radius 3 is 2.78 bits per heavy atom. The molecule has 0 aliphatic carbocycles. The summed E-state index contributed by atoms with van der Waals surface area (Å²) in [5.74, 6) is 0.245. The van der Waals surface area contributed by atoms with Gasteiger partial charge in [-0.2, -0.15) is 5.10 Å². The van der Waals surface area contributed by atoms with Crippen LogP contribution in [-0.4, -0.2) is 21.8 Å². The number of nitrogens with one attached hydrogen (secondary N) is 1. The van der Waals surface area contributed by atoms with Gasteiger partial charge in [0.05, 0.1) is 17.4 Å². The summed E-state index contributed by atoms with van der Waals surface area (Å²) in [4.78, 5) is 24.6. The summed E-state index contributed by atoms with van der Waals surface area (Å²) in [5.41, 5.74) is 1.82. The zero-order valence-corrected chi connectivity index (χ0v) is 15.9. The topological polar surface area (TPSA) is 86.4 Å². The van der Waals surface area contributed by atoms with Gasteiger partial charge >= 0.3 is 5.63 Å². The van der Waals surface area contributed by atoms with Crippen molar-refractivity contribution in [3.8, 4) is 5.75 Å². The Balaban J connectivity index is 1.87. The summed E-state index contributed by atoms with van der Waals surface area (Å²) < 4.78 is 12.7. The lowest BCUT2D eigenvalue weighted by Crippen LogP contribution is -2.24. The molecular weight excluding hydrogens is 346 g/mol. The molecule has 0 aliphatic heterocycles. The summed E-state index contributed by atoms with van der Waals surface area (Å²) in [5, 5.41) is 7.78. The van der Waals surface area contributed by atoms with Crippen molar-refractivity contribution in [2.24, 2.45) is 0 Å². The second kappa shape index (κ2) is 7.65. The molecular formula is C20H23N3O4. The second-order valence-electron chi connectivity index (χ2n) is 6.58. The van der Waals surface area contributed by atoms with Gasteiger partial charge < -0.3 is 14.5 Å². The van der Waals surface area contributed by atoms with Crippen molar-refractivity contribution in [1.82, 2.24) is 15.1 Å². The van der Waals surface area contributed by atoms with E-state index in [0.29, 0.717) is 23.3 Å². The number of hydrogen-bond acceptors (Lipinski definition) is 5. The van der Waals surface area contributed by atoms with Crippen molar-refractivity contribution in [1.29, 1.82) is 0 Å². The van der Waals surface area contributed by atoms with Crippen LogP contribution in [0.15, 0.2) is 39.7 Å². The molecule has 2 aromatic heterocycles. The molecule has 7 heteroatoms. The molecule has 0 saturated heterocycles. The van der Waals surface area contributed by atoms with Crippen molar-refractivity contribution >= 4 is 16.9 Å². The molecule has 0 aliphatic rings. The van der Waals surface area contributed by atoms with Gasteiger partial charge in [-0.1, -0.05) is 0 Å². The van der Waals surface area contributed by atoms with E-state index in [-0.39, 0.29) is 17.6 Å². The summed E-state index contributed by atoms with van der Waals surface area (Å²) in [6.45, 7) is 8.82. The van der Waals surface area contributed by atoms with Crippen LogP contribution in [-0.2, 0) is 13.1 Å². The largest absolute Gasteiger partial charge is 0.491 e. The highest BCUT2D eigenvalue weighted by molar-refractivity contribution is 6.05. The minimum absolute atomic E-state index is 0.00655. The smallest absolute Gasteiger partial charge is 0.337 e. The third-order valence-corrected chi connectivity index (χ3v) is 4.14. The SMILES string of the molecule is CCn1cc(CNC(=O)c2cc(=O)oc3cc(OC(C)C)ccc23)c(C)n1. The van der Waals surface area contributed by atoms with E-state index in [0.717, 1.165) is 17.8 Å². The van der Waals surface area contributed by atoms with Crippen LogP contribution in [0.4, 0.5) is 0 Å². The standard InChI is InChI=1S/C20H23N3O4/c1-5-23-11-14(13(4)22-23)10-21-20(25)17-9-19(24)27-18-8-15(26-12(2)3)6-7-16(17)18/h6-9,11-12H,5,10H2,1-4H3,(H,21,25). The molecule has 142 valence electrons. The monoisotopic (exact) mass is 369 g/mol. The quantitative estimate of drug-likeness (QED) is 0.675. The van der Waals surface area contributed by atoms with Crippen LogP contribution < -0.4 is 15.7 Å². The maximum atomic E-state index is 12.7. The van der Waals surface area contributed by atoms with Crippen molar-refractivity contribution in [3.63, 3.8) is 0 Å². The first-order valence-corrected chi connectivity index (χ1v) is 8.93. The minimum Gasteiger partial charge on any atom is -0.491 e. The van der Waals surface area contributed by atoms with Gasteiger partial charge in [0.25, 0.3) is 5.91 Å². The van der Waals surface area contributed by atoms with Crippen LogP contribution in [0.5, 0.6) is 5.75 Å². The van der Waals surface area contributed by atoms with Crippen LogP contribution in [0.3, 0.4) is 0 Å². The highest BCUT2D eigenvalue weighted by atomic mass is 16.5. The Morgan fingerprint density at radius 2 is 2.11 bits per heavy atom. The number of aryl methyl sites for hydroxylation is 2. The third-order valence-electron chi connectivity index (χ3n) is 4.14. The summed E-state index contributed by atoms with van der Waals surface area (Å²) in [6, 6.07) is 6.33. The molecule has 3 aromatic rings. The number of rotatable bonds is 6. The number of amides is 1. The first kappa shape index (κ1) is 18.7. The normalized spacial score (nSPS) is 11.1. The molecule has 1 amide bonds. The van der Waals surface area contributed by atoms with Gasteiger partial charge in [-0.05, 0) is 39.8 Å². The first-order chi connectivity index (χ1) is 12.9.